The third-order valence-electron chi connectivity index (χ3n) is 2.91. The Morgan fingerprint density at radius 2 is 1.90 bits per heavy atom. The van der Waals surface area contributed by atoms with E-state index in [1.54, 1.807) is 36.4 Å². The summed E-state index contributed by atoms with van der Waals surface area (Å²) in [6, 6.07) is 11.1. The molecule has 5 N–H and O–H groups in total. The van der Waals surface area contributed by atoms with E-state index in [1.807, 2.05) is 0 Å². The third-order valence-corrected chi connectivity index (χ3v) is 2.91. The van der Waals surface area contributed by atoms with Gasteiger partial charge in [0.25, 0.3) is 5.91 Å². The fourth-order valence-electron chi connectivity index (χ4n) is 1.82. The van der Waals surface area contributed by atoms with Crippen molar-refractivity contribution in [1.29, 1.82) is 0 Å². The summed E-state index contributed by atoms with van der Waals surface area (Å²) in [6.07, 6.45) is 0. The van der Waals surface area contributed by atoms with Gasteiger partial charge in [0.1, 0.15) is 5.75 Å². The highest BCUT2D eigenvalue weighted by Gasteiger charge is 2.11. The molecule has 0 unspecified atom stereocenters. The van der Waals surface area contributed by atoms with E-state index in [4.69, 9.17) is 16.2 Å². The Morgan fingerprint density at radius 1 is 1.14 bits per heavy atom. The minimum Gasteiger partial charge on any atom is -0.497 e. The maximum atomic E-state index is 12.2. The average Bonchev–Trinajstić information content (AvgIpc) is 2.47. The lowest BCUT2D eigenvalue weighted by molar-refractivity contribution is 0.0996. The first kappa shape index (κ1) is 14.4. The standard InChI is InChI=1S/C15H15N3O3/c1-21-11-5-6-12(13(16)8-11)15(20)18-10-4-2-3-9(7-10)14(17)19/h2-8H,16H2,1H3,(H2,17,19)(H,18,20). The number of nitrogens with one attached hydrogen (secondary N) is 1. The normalized spacial score (nSPS) is 9.95. The Bertz CT molecular complexity index is 698. The van der Waals surface area contributed by atoms with Crippen LogP contribution in [0.4, 0.5) is 11.4 Å². The molecule has 0 fully saturated rings. The van der Waals surface area contributed by atoms with Gasteiger partial charge in [0.15, 0.2) is 0 Å². The second kappa shape index (κ2) is 5.96. The van der Waals surface area contributed by atoms with Crippen molar-refractivity contribution in [3.8, 4) is 5.75 Å². The van der Waals surface area contributed by atoms with Crippen molar-refractivity contribution in [2.45, 2.75) is 0 Å². The third kappa shape index (κ3) is 3.30. The van der Waals surface area contributed by atoms with Crippen molar-refractivity contribution >= 4 is 23.2 Å². The summed E-state index contributed by atoms with van der Waals surface area (Å²) in [6.45, 7) is 0. The van der Waals surface area contributed by atoms with E-state index in [0.717, 1.165) is 0 Å². The van der Waals surface area contributed by atoms with Gasteiger partial charge in [0.2, 0.25) is 5.91 Å². The van der Waals surface area contributed by atoms with E-state index < -0.39 is 5.91 Å². The Balaban J connectivity index is 2.22. The maximum absolute atomic E-state index is 12.2. The van der Waals surface area contributed by atoms with Crippen molar-refractivity contribution in [2.24, 2.45) is 5.73 Å². The molecule has 0 heterocycles. The largest absolute Gasteiger partial charge is 0.497 e. The second-order valence-corrected chi connectivity index (χ2v) is 4.35. The summed E-state index contributed by atoms with van der Waals surface area (Å²) in [5.74, 6) is -0.369. The Labute approximate surface area is 121 Å². The fraction of sp³-hybridized carbons (Fsp3) is 0.0667. The number of methoxy groups -OCH3 is 1. The zero-order valence-electron chi connectivity index (χ0n) is 11.4. The number of nitrogens with two attached hydrogens (primary N) is 2. The molecule has 108 valence electrons. The van der Waals surface area contributed by atoms with Crippen LogP contribution in [0.1, 0.15) is 20.7 Å². The number of anilines is 2. The van der Waals surface area contributed by atoms with E-state index >= 15 is 0 Å². The molecule has 0 saturated carbocycles. The van der Waals surface area contributed by atoms with Crippen molar-refractivity contribution in [2.75, 3.05) is 18.2 Å². The molecule has 6 heteroatoms. The van der Waals surface area contributed by atoms with Gasteiger partial charge in [-0.25, -0.2) is 0 Å². The van der Waals surface area contributed by atoms with E-state index in [2.05, 4.69) is 5.32 Å². The predicted molar refractivity (Wildman–Crippen MR) is 80.3 cm³/mol. The van der Waals surface area contributed by atoms with Crippen LogP contribution in [-0.4, -0.2) is 18.9 Å². The number of carbonyl (C=O) groups is 2. The molecule has 2 amide bonds. The van der Waals surface area contributed by atoms with Gasteiger partial charge in [-0.3, -0.25) is 9.59 Å². The number of primary amides is 1. The van der Waals surface area contributed by atoms with Gasteiger partial charge in [0.05, 0.1) is 12.7 Å². The lowest BCUT2D eigenvalue weighted by Gasteiger charge is -2.09. The van der Waals surface area contributed by atoms with Gasteiger partial charge in [0, 0.05) is 23.0 Å². The number of carbonyl (C=O) groups excluding carboxylic acids is 2. The van der Waals surface area contributed by atoms with Crippen LogP contribution < -0.4 is 21.5 Å². The average molecular weight is 285 g/mol. The molecule has 0 aliphatic heterocycles. The number of rotatable bonds is 4. The minimum atomic E-state index is -0.560. The monoisotopic (exact) mass is 285 g/mol. The van der Waals surface area contributed by atoms with Crippen LogP contribution in [0.15, 0.2) is 42.5 Å². The number of benzene rings is 2. The first-order valence-electron chi connectivity index (χ1n) is 6.16. The predicted octanol–water partition coefficient (Wildman–Crippen LogP) is 1.63. The molecule has 0 aliphatic rings. The zero-order chi connectivity index (χ0) is 15.4. The maximum Gasteiger partial charge on any atom is 0.257 e. The second-order valence-electron chi connectivity index (χ2n) is 4.35. The Morgan fingerprint density at radius 3 is 2.52 bits per heavy atom. The molecular weight excluding hydrogens is 270 g/mol. The quantitative estimate of drug-likeness (QED) is 0.742. The van der Waals surface area contributed by atoms with Crippen LogP contribution in [0, 0.1) is 0 Å². The molecule has 0 aromatic heterocycles. The van der Waals surface area contributed by atoms with Crippen LogP contribution in [-0.2, 0) is 0 Å². The van der Waals surface area contributed by atoms with Crippen LogP contribution in [0.2, 0.25) is 0 Å². The Kier molecular flexibility index (Phi) is 4.08. The summed E-state index contributed by atoms with van der Waals surface area (Å²) < 4.78 is 5.03. The Hall–Kier alpha value is -3.02. The molecule has 2 aromatic rings. The summed E-state index contributed by atoms with van der Waals surface area (Å²) >= 11 is 0. The number of ether oxygens (including phenoxy) is 1. The summed E-state index contributed by atoms with van der Waals surface area (Å²) in [4.78, 5) is 23.3. The van der Waals surface area contributed by atoms with Gasteiger partial charge in [-0.05, 0) is 30.3 Å². The van der Waals surface area contributed by atoms with E-state index in [-0.39, 0.29) is 5.91 Å². The molecule has 0 bridgehead atoms. The first-order chi connectivity index (χ1) is 10.0. The lowest BCUT2D eigenvalue weighted by Crippen LogP contribution is -2.15. The van der Waals surface area contributed by atoms with Gasteiger partial charge in [-0.15, -0.1) is 0 Å². The topological polar surface area (TPSA) is 107 Å². The van der Waals surface area contributed by atoms with Crippen LogP contribution in [0.25, 0.3) is 0 Å². The molecular formula is C15H15N3O3. The molecule has 2 aromatic carbocycles. The van der Waals surface area contributed by atoms with Crippen LogP contribution in [0.5, 0.6) is 5.75 Å². The van der Waals surface area contributed by atoms with Crippen molar-refractivity contribution in [3.63, 3.8) is 0 Å². The van der Waals surface area contributed by atoms with Crippen LogP contribution in [0.3, 0.4) is 0 Å². The molecule has 21 heavy (non-hydrogen) atoms. The van der Waals surface area contributed by atoms with Crippen molar-refractivity contribution < 1.29 is 14.3 Å². The van der Waals surface area contributed by atoms with E-state index in [0.29, 0.717) is 28.3 Å². The van der Waals surface area contributed by atoms with Gasteiger partial charge in [-0.2, -0.15) is 0 Å². The van der Waals surface area contributed by atoms with Crippen LogP contribution >= 0.6 is 0 Å². The van der Waals surface area contributed by atoms with Crippen molar-refractivity contribution in [3.05, 3.63) is 53.6 Å². The SMILES string of the molecule is COc1ccc(C(=O)Nc2cccc(C(N)=O)c2)c(N)c1. The summed E-state index contributed by atoms with van der Waals surface area (Å²) in [5.41, 5.74) is 12.4. The lowest BCUT2D eigenvalue weighted by atomic mass is 10.1. The van der Waals surface area contributed by atoms with E-state index in [1.165, 1.54) is 13.2 Å². The van der Waals surface area contributed by atoms with Gasteiger partial charge in [-0.1, -0.05) is 6.07 Å². The number of hydrogen-bond donors (Lipinski definition) is 3. The number of hydrogen-bond acceptors (Lipinski definition) is 4. The zero-order valence-corrected chi connectivity index (χ0v) is 11.4. The summed E-state index contributed by atoms with van der Waals surface area (Å²) in [7, 11) is 1.52. The summed E-state index contributed by atoms with van der Waals surface area (Å²) in [5, 5.41) is 2.66. The highest BCUT2D eigenvalue weighted by Crippen LogP contribution is 2.21. The number of amides is 2. The molecule has 0 atom stereocenters. The smallest absolute Gasteiger partial charge is 0.257 e. The molecule has 0 aliphatic carbocycles. The van der Waals surface area contributed by atoms with Gasteiger partial charge < -0.3 is 21.5 Å². The highest BCUT2D eigenvalue weighted by molar-refractivity contribution is 6.08. The van der Waals surface area contributed by atoms with E-state index in [9.17, 15) is 9.59 Å². The molecule has 0 saturated heterocycles. The minimum absolute atomic E-state index is 0.304. The van der Waals surface area contributed by atoms with Crippen molar-refractivity contribution in [1.82, 2.24) is 0 Å². The first-order valence-corrected chi connectivity index (χ1v) is 6.16. The molecule has 2 rings (SSSR count). The molecule has 0 spiro atoms. The number of nitrogen functional groups attached to an aromatic ring is 1. The molecule has 0 radical (unpaired) electrons. The molecule has 6 nitrogen and oxygen atoms in total. The highest BCUT2D eigenvalue weighted by atomic mass is 16.5. The van der Waals surface area contributed by atoms with Gasteiger partial charge >= 0.3 is 0 Å². The fourth-order valence-corrected chi connectivity index (χ4v) is 1.82.